The second-order valence-electron chi connectivity index (χ2n) is 2.56. The Hall–Kier alpha value is -1.36. The van der Waals surface area contributed by atoms with Crippen LogP contribution in [0, 0.1) is 0 Å². The zero-order chi connectivity index (χ0) is 11.3. The smallest absolute Gasteiger partial charge is 0.303 e. The number of nitrogens with zero attached hydrogens (tertiary/aromatic N) is 3. The molecule has 1 unspecified atom stereocenters. The normalized spacial score (nSPS) is 12.9. The highest BCUT2D eigenvalue weighted by Gasteiger charge is 2.22. The molecule has 0 amide bonds. The number of rotatable bonds is 4. The third-order valence-corrected chi connectivity index (χ3v) is 1.95. The van der Waals surface area contributed by atoms with Crippen LogP contribution in [0.3, 0.4) is 0 Å². The molecule has 0 saturated carbocycles. The van der Waals surface area contributed by atoms with Gasteiger partial charge in [-0.15, -0.1) is 0 Å². The van der Waals surface area contributed by atoms with Gasteiger partial charge in [-0.05, 0) is 11.1 Å². The summed E-state index contributed by atoms with van der Waals surface area (Å²) in [5, 5.41) is 3.15. The van der Waals surface area contributed by atoms with Crippen LogP contribution in [0.2, 0.25) is 0 Å². The minimum Gasteiger partial charge on any atom is -0.303 e. The third-order valence-electron chi connectivity index (χ3n) is 1.48. The maximum absolute atomic E-state index is 10.6. The van der Waals surface area contributed by atoms with Gasteiger partial charge in [0.2, 0.25) is 0 Å². The third kappa shape index (κ3) is 4.12. The van der Waals surface area contributed by atoms with Gasteiger partial charge in [-0.25, -0.2) is 4.57 Å². The van der Waals surface area contributed by atoms with Crippen molar-refractivity contribution in [1.29, 1.82) is 0 Å². The monoisotopic (exact) mass is 229 g/mol. The molecule has 8 heteroatoms. The van der Waals surface area contributed by atoms with Crippen LogP contribution in [0.1, 0.15) is 11.8 Å². The van der Waals surface area contributed by atoms with E-state index in [4.69, 9.17) is 15.3 Å². The first-order chi connectivity index (χ1) is 7.03. The second-order valence-corrected chi connectivity index (χ2v) is 3.76. The number of hydrogen-bond donors (Lipinski definition) is 2. The second kappa shape index (κ2) is 4.93. The lowest BCUT2D eigenvalue weighted by atomic mass is 10.2. The maximum Gasteiger partial charge on any atom is 0.470 e. The van der Waals surface area contributed by atoms with Crippen molar-refractivity contribution in [2.45, 2.75) is 6.23 Å². The molecule has 0 fully saturated rings. The Balaban J connectivity index is 2.94. The molecule has 2 N–H and O–H groups in total. The summed E-state index contributed by atoms with van der Waals surface area (Å²) in [5.41, 5.74) is 8.59. The Bertz CT molecular complexity index is 412. The van der Waals surface area contributed by atoms with Gasteiger partial charge in [0.25, 0.3) is 0 Å². The van der Waals surface area contributed by atoms with Crippen LogP contribution in [-0.2, 0) is 9.09 Å². The fourth-order valence-electron chi connectivity index (χ4n) is 0.943. The van der Waals surface area contributed by atoms with Crippen LogP contribution < -0.4 is 0 Å². The van der Waals surface area contributed by atoms with Crippen molar-refractivity contribution in [3.8, 4) is 0 Å². The molecule has 0 bridgehead atoms. The van der Waals surface area contributed by atoms with Gasteiger partial charge in [0.1, 0.15) is 0 Å². The van der Waals surface area contributed by atoms with Crippen LogP contribution in [0.4, 0.5) is 0 Å². The molecule has 0 saturated heterocycles. The zero-order valence-electron chi connectivity index (χ0n) is 7.46. The average molecular weight is 229 g/mol. The lowest BCUT2D eigenvalue weighted by Crippen LogP contribution is -1.98. The van der Waals surface area contributed by atoms with Crippen LogP contribution >= 0.6 is 7.82 Å². The molecule has 0 aliphatic carbocycles. The summed E-state index contributed by atoms with van der Waals surface area (Å²) in [5.74, 6) is 0. The molecule has 1 rings (SSSR count). The number of phosphoric acid groups is 1. The van der Waals surface area contributed by atoms with Crippen LogP contribution in [0.25, 0.3) is 10.4 Å². The molecule has 1 aromatic carbocycles. The van der Waals surface area contributed by atoms with Crippen LogP contribution in [0.15, 0.2) is 35.4 Å². The molecular weight excluding hydrogens is 221 g/mol. The van der Waals surface area contributed by atoms with Crippen molar-refractivity contribution in [2.75, 3.05) is 0 Å². The van der Waals surface area contributed by atoms with Gasteiger partial charge in [0, 0.05) is 4.91 Å². The Morgan fingerprint density at radius 2 is 2.00 bits per heavy atom. The molecule has 0 aliphatic heterocycles. The zero-order valence-corrected chi connectivity index (χ0v) is 8.36. The summed E-state index contributed by atoms with van der Waals surface area (Å²) in [6, 6.07) is 8.06. The van der Waals surface area contributed by atoms with Crippen molar-refractivity contribution < 1.29 is 18.9 Å². The van der Waals surface area contributed by atoms with Gasteiger partial charge in [0.05, 0.1) is 0 Å². The molecule has 7 nitrogen and oxygen atoms in total. The van der Waals surface area contributed by atoms with Crippen molar-refractivity contribution >= 4 is 7.82 Å². The van der Waals surface area contributed by atoms with Gasteiger partial charge < -0.3 is 9.79 Å². The van der Waals surface area contributed by atoms with E-state index >= 15 is 0 Å². The summed E-state index contributed by atoms with van der Waals surface area (Å²) in [7, 11) is -4.68. The number of benzene rings is 1. The van der Waals surface area contributed by atoms with E-state index in [0.29, 0.717) is 5.56 Å². The van der Waals surface area contributed by atoms with Crippen LogP contribution in [-0.4, -0.2) is 9.79 Å². The molecule has 1 atom stereocenters. The van der Waals surface area contributed by atoms with E-state index in [2.05, 4.69) is 14.5 Å². The Kier molecular flexibility index (Phi) is 3.85. The summed E-state index contributed by atoms with van der Waals surface area (Å²) < 4.78 is 14.9. The highest BCUT2D eigenvalue weighted by atomic mass is 31.2. The lowest BCUT2D eigenvalue weighted by molar-refractivity contribution is 0.138. The average Bonchev–Trinajstić information content (AvgIpc) is 2.17. The van der Waals surface area contributed by atoms with Gasteiger partial charge in [-0.1, -0.05) is 35.4 Å². The highest BCUT2D eigenvalue weighted by molar-refractivity contribution is 7.46. The summed E-state index contributed by atoms with van der Waals surface area (Å²) in [6.07, 6.45) is -1.32. The lowest BCUT2D eigenvalue weighted by Gasteiger charge is -2.12. The molecule has 0 heterocycles. The Labute approximate surface area is 85.2 Å². The number of azide groups is 1. The Morgan fingerprint density at radius 3 is 2.47 bits per heavy atom. The van der Waals surface area contributed by atoms with E-state index in [1.807, 2.05) is 0 Å². The van der Waals surface area contributed by atoms with Gasteiger partial charge in [-0.3, -0.25) is 4.52 Å². The minimum absolute atomic E-state index is 0.374. The largest absolute Gasteiger partial charge is 0.470 e. The molecule has 80 valence electrons. The maximum atomic E-state index is 10.6. The molecular formula is C7H8N3O4P. The predicted molar refractivity (Wildman–Crippen MR) is 51.5 cm³/mol. The minimum atomic E-state index is -4.68. The first-order valence-corrected chi connectivity index (χ1v) is 5.39. The molecule has 0 radical (unpaired) electrons. The summed E-state index contributed by atoms with van der Waals surface area (Å²) in [4.78, 5) is 19.6. The number of phosphoric ester groups is 1. The van der Waals surface area contributed by atoms with Crippen LogP contribution in [0.5, 0.6) is 0 Å². The SMILES string of the molecule is [N-]=[N+]=NC(OP(=O)(O)O)c1ccccc1. The molecule has 0 aromatic heterocycles. The van der Waals surface area contributed by atoms with E-state index in [1.165, 1.54) is 12.1 Å². The molecule has 15 heavy (non-hydrogen) atoms. The van der Waals surface area contributed by atoms with E-state index in [0.717, 1.165) is 0 Å². The summed E-state index contributed by atoms with van der Waals surface area (Å²) >= 11 is 0. The van der Waals surface area contributed by atoms with E-state index in [1.54, 1.807) is 18.2 Å². The van der Waals surface area contributed by atoms with Gasteiger partial charge in [0.15, 0.2) is 6.23 Å². The molecule has 0 aliphatic rings. The Morgan fingerprint density at radius 1 is 1.40 bits per heavy atom. The summed E-state index contributed by atoms with van der Waals surface area (Å²) in [6.45, 7) is 0. The van der Waals surface area contributed by atoms with Crippen molar-refractivity contribution in [1.82, 2.24) is 0 Å². The first kappa shape index (κ1) is 11.7. The quantitative estimate of drug-likeness (QED) is 0.356. The van der Waals surface area contributed by atoms with E-state index in [9.17, 15) is 4.57 Å². The van der Waals surface area contributed by atoms with E-state index in [-0.39, 0.29) is 0 Å². The van der Waals surface area contributed by atoms with Crippen molar-refractivity contribution in [3.63, 3.8) is 0 Å². The molecule has 0 spiro atoms. The number of hydrogen-bond acceptors (Lipinski definition) is 3. The van der Waals surface area contributed by atoms with Crippen molar-refractivity contribution in [2.24, 2.45) is 5.11 Å². The topological polar surface area (TPSA) is 116 Å². The fourth-order valence-corrected chi connectivity index (χ4v) is 1.37. The first-order valence-electron chi connectivity index (χ1n) is 3.86. The predicted octanol–water partition coefficient (Wildman–Crippen LogP) is 2.10. The van der Waals surface area contributed by atoms with Gasteiger partial charge in [-0.2, -0.15) is 0 Å². The van der Waals surface area contributed by atoms with Crippen molar-refractivity contribution in [3.05, 3.63) is 46.3 Å². The highest BCUT2D eigenvalue weighted by Crippen LogP contribution is 2.42. The molecule has 1 aromatic rings. The van der Waals surface area contributed by atoms with Gasteiger partial charge >= 0.3 is 7.82 Å². The fraction of sp³-hybridized carbons (Fsp3) is 0.143. The van der Waals surface area contributed by atoms with E-state index < -0.39 is 14.1 Å². The standard InChI is InChI=1S/C7H8N3O4P/c8-10-9-7(14-15(11,12)13)6-4-2-1-3-5-6/h1-5,7H,(H2,11,12,13).